The molecule has 0 fully saturated rings. The molecule has 0 saturated carbocycles. The van der Waals surface area contributed by atoms with Gasteiger partial charge in [-0.1, -0.05) is 6.92 Å². The van der Waals surface area contributed by atoms with Gasteiger partial charge in [-0.25, -0.2) is 0 Å². The van der Waals surface area contributed by atoms with Crippen LogP contribution in [-0.2, 0) is 9.59 Å². The van der Waals surface area contributed by atoms with Crippen LogP contribution in [0.2, 0.25) is 0 Å². The third-order valence-electron chi connectivity index (χ3n) is 1.98. The van der Waals surface area contributed by atoms with Gasteiger partial charge in [0.05, 0.1) is 0 Å². The van der Waals surface area contributed by atoms with Crippen LogP contribution >= 0.6 is 0 Å². The molecule has 6 heteroatoms. The molecular weight excluding hydrogens is 223 g/mol. The Morgan fingerprint density at radius 3 is 2.56 bits per heavy atom. The number of carbonyl (C=O) groups excluding carboxylic acids is 2. The summed E-state index contributed by atoms with van der Waals surface area (Å²) < 4.78 is 36.0. The second-order valence-corrected chi connectivity index (χ2v) is 3.25. The lowest BCUT2D eigenvalue weighted by Gasteiger charge is -2.16. The van der Waals surface area contributed by atoms with Crippen molar-refractivity contribution in [1.29, 1.82) is 0 Å². The Morgan fingerprint density at radius 1 is 1.44 bits per heavy atom. The Labute approximate surface area is 90.2 Å². The fourth-order valence-corrected chi connectivity index (χ4v) is 1.27. The van der Waals surface area contributed by atoms with Crippen molar-refractivity contribution in [3.05, 3.63) is 23.9 Å². The molecule has 0 spiro atoms. The van der Waals surface area contributed by atoms with E-state index in [4.69, 9.17) is 0 Å². The molecule has 0 N–H and O–H groups in total. The van der Waals surface area contributed by atoms with E-state index in [2.05, 4.69) is 0 Å². The number of alkyl halides is 3. The molecule has 3 nitrogen and oxygen atoms in total. The number of allylic oxidation sites excluding steroid dienone is 2. The summed E-state index contributed by atoms with van der Waals surface area (Å²) >= 11 is 0. The summed E-state index contributed by atoms with van der Waals surface area (Å²) in [6.45, 7) is 2.08. The third-order valence-corrected chi connectivity index (χ3v) is 1.98. The Hall–Kier alpha value is -1.59. The number of hydrogen-bond acceptors (Lipinski definition) is 2. The maximum absolute atomic E-state index is 12.0. The highest BCUT2D eigenvalue weighted by molar-refractivity contribution is 5.99. The van der Waals surface area contributed by atoms with Crippen molar-refractivity contribution >= 4 is 11.7 Å². The topological polar surface area (TPSA) is 37.4 Å². The molecule has 0 aromatic rings. The SMILES string of the molecule is CCCN1C(=O)C=C/C1=C/C(=O)C(F)(F)F. The number of hydrogen-bond donors (Lipinski definition) is 0. The predicted octanol–water partition coefficient (Wildman–Crippen LogP) is 1.81. The van der Waals surface area contributed by atoms with E-state index in [1.54, 1.807) is 6.92 Å². The molecule has 0 radical (unpaired) electrons. The minimum absolute atomic E-state index is 0.00539. The van der Waals surface area contributed by atoms with Gasteiger partial charge in [0, 0.05) is 24.4 Å². The average molecular weight is 233 g/mol. The lowest BCUT2D eigenvalue weighted by Crippen LogP contribution is -2.27. The maximum atomic E-state index is 12.0. The summed E-state index contributed by atoms with van der Waals surface area (Å²) in [7, 11) is 0. The van der Waals surface area contributed by atoms with Crippen molar-refractivity contribution < 1.29 is 22.8 Å². The zero-order chi connectivity index (χ0) is 12.3. The standard InChI is InChI=1S/C10H10F3NO2/c1-2-5-14-7(3-4-9(14)16)6-8(15)10(11,12)13/h3-4,6H,2,5H2,1H3/b7-6-. The van der Waals surface area contributed by atoms with Crippen molar-refractivity contribution in [3.63, 3.8) is 0 Å². The first-order chi connectivity index (χ1) is 7.36. The normalized spacial score (nSPS) is 18.6. The maximum Gasteiger partial charge on any atom is 0.454 e. The molecule has 0 saturated heterocycles. The van der Waals surface area contributed by atoms with Crippen LogP contribution in [0.1, 0.15) is 13.3 Å². The van der Waals surface area contributed by atoms with Gasteiger partial charge in [-0.05, 0) is 12.5 Å². The summed E-state index contributed by atoms with van der Waals surface area (Å²) in [6.07, 6.45) is -1.50. The molecule has 0 atom stereocenters. The molecule has 16 heavy (non-hydrogen) atoms. The number of amides is 1. The number of rotatable bonds is 3. The smallest absolute Gasteiger partial charge is 0.309 e. The van der Waals surface area contributed by atoms with Crippen molar-refractivity contribution in [2.24, 2.45) is 0 Å². The monoisotopic (exact) mass is 233 g/mol. The van der Waals surface area contributed by atoms with E-state index >= 15 is 0 Å². The second-order valence-electron chi connectivity index (χ2n) is 3.25. The number of ketones is 1. The Kier molecular flexibility index (Phi) is 3.51. The first kappa shape index (κ1) is 12.5. The van der Waals surface area contributed by atoms with Gasteiger partial charge in [-0.15, -0.1) is 0 Å². The van der Waals surface area contributed by atoms with E-state index in [0.717, 1.165) is 11.0 Å². The molecular formula is C10H10F3NO2. The zero-order valence-corrected chi connectivity index (χ0v) is 8.54. The molecule has 1 amide bonds. The van der Waals surface area contributed by atoms with Gasteiger partial charge in [0.2, 0.25) is 0 Å². The molecule has 1 rings (SSSR count). The summed E-state index contributed by atoms with van der Waals surface area (Å²) in [5.74, 6) is -2.36. The zero-order valence-electron chi connectivity index (χ0n) is 8.54. The number of carbonyl (C=O) groups is 2. The van der Waals surface area contributed by atoms with E-state index in [9.17, 15) is 22.8 Å². The molecule has 0 aromatic heterocycles. The van der Waals surface area contributed by atoms with Crippen molar-refractivity contribution in [2.75, 3.05) is 6.54 Å². The van der Waals surface area contributed by atoms with Gasteiger partial charge in [0.25, 0.3) is 11.7 Å². The molecule has 0 aliphatic carbocycles. The van der Waals surface area contributed by atoms with Gasteiger partial charge in [0.15, 0.2) is 0 Å². The second kappa shape index (κ2) is 4.51. The van der Waals surface area contributed by atoms with Gasteiger partial charge >= 0.3 is 6.18 Å². The van der Waals surface area contributed by atoms with Gasteiger partial charge in [0.1, 0.15) is 0 Å². The molecule has 88 valence electrons. The van der Waals surface area contributed by atoms with E-state index in [-0.39, 0.29) is 5.70 Å². The first-order valence-electron chi connectivity index (χ1n) is 4.68. The lowest BCUT2D eigenvalue weighted by atomic mass is 10.3. The minimum atomic E-state index is -4.90. The van der Waals surface area contributed by atoms with Crippen LogP contribution in [0, 0.1) is 0 Å². The van der Waals surface area contributed by atoms with Crippen LogP contribution < -0.4 is 0 Å². The largest absolute Gasteiger partial charge is 0.454 e. The van der Waals surface area contributed by atoms with Crippen LogP contribution in [0.4, 0.5) is 13.2 Å². The van der Waals surface area contributed by atoms with Crippen LogP contribution in [0.15, 0.2) is 23.9 Å². The van der Waals surface area contributed by atoms with Gasteiger partial charge in [-0.2, -0.15) is 13.2 Å². The Bertz CT molecular complexity index is 369. The summed E-state index contributed by atoms with van der Waals surface area (Å²) in [5.41, 5.74) is -0.00539. The van der Waals surface area contributed by atoms with Crippen LogP contribution in [-0.4, -0.2) is 29.3 Å². The molecule has 1 aliphatic rings. The van der Waals surface area contributed by atoms with Crippen LogP contribution in [0.5, 0.6) is 0 Å². The van der Waals surface area contributed by atoms with Crippen LogP contribution in [0.25, 0.3) is 0 Å². The quantitative estimate of drug-likeness (QED) is 0.697. The van der Waals surface area contributed by atoms with Crippen molar-refractivity contribution in [2.45, 2.75) is 19.5 Å². The van der Waals surface area contributed by atoms with E-state index in [1.807, 2.05) is 0 Å². The van der Waals surface area contributed by atoms with Gasteiger partial charge in [-0.3, -0.25) is 9.59 Å². The van der Waals surface area contributed by atoms with Crippen molar-refractivity contribution in [3.8, 4) is 0 Å². The highest BCUT2D eigenvalue weighted by atomic mass is 19.4. The Morgan fingerprint density at radius 2 is 2.06 bits per heavy atom. The molecule has 1 aliphatic heterocycles. The summed E-state index contributed by atoms with van der Waals surface area (Å²) in [6, 6.07) is 0. The average Bonchev–Trinajstić information content (AvgIpc) is 2.49. The Balaban J connectivity index is 2.88. The summed E-state index contributed by atoms with van der Waals surface area (Å²) in [5, 5.41) is 0. The number of nitrogens with zero attached hydrogens (tertiary/aromatic N) is 1. The minimum Gasteiger partial charge on any atom is -0.309 e. The highest BCUT2D eigenvalue weighted by Crippen LogP contribution is 2.21. The van der Waals surface area contributed by atoms with E-state index < -0.39 is 17.9 Å². The fraction of sp³-hybridized carbons (Fsp3) is 0.400. The highest BCUT2D eigenvalue weighted by Gasteiger charge is 2.37. The fourth-order valence-electron chi connectivity index (χ4n) is 1.27. The molecule has 0 unspecified atom stereocenters. The van der Waals surface area contributed by atoms with Gasteiger partial charge < -0.3 is 4.90 Å². The molecule has 0 aromatic carbocycles. The molecule has 1 heterocycles. The van der Waals surface area contributed by atoms with E-state index in [1.165, 1.54) is 6.08 Å². The summed E-state index contributed by atoms with van der Waals surface area (Å²) in [4.78, 5) is 23.1. The van der Waals surface area contributed by atoms with Crippen LogP contribution in [0.3, 0.4) is 0 Å². The first-order valence-corrected chi connectivity index (χ1v) is 4.68. The number of halogens is 3. The molecule has 0 bridgehead atoms. The van der Waals surface area contributed by atoms with Crippen molar-refractivity contribution in [1.82, 2.24) is 4.90 Å². The third kappa shape index (κ3) is 2.71. The lowest BCUT2D eigenvalue weighted by molar-refractivity contribution is -0.165. The van der Waals surface area contributed by atoms with E-state index in [0.29, 0.717) is 19.0 Å². The predicted molar refractivity (Wildman–Crippen MR) is 50.3 cm³/mol.